The van der Waals surface area contributed by atoms with Crippen LogP contribution in [0.2, 0.25) is 0 Å². The quantitative estimate of drug-likeness (QED) is 0.810. The molecule has 1 rings (SSSR count). The summed E-state index contributed by atoms with van der Waals surface area (Å²) < 4.78 is 9.88. The van der Waals surface area contributed by atoms with Gasteiger partial charge in [0.15, 0.2) is 0 Å². The molecule has 0 heterocycles. The number of carbonyl (C=O) groups excluding carboxylic acids is 1. The minimum Gasteiger partial charge on any atom is -0.496 e. The number of ether oxygens (including phenoxy) is 2. The standard InChI is InChI=1S/C13H18O4/c1-13(2,12(15)17-4)10-5-6-11(16-3)9(7-10)8-14/h5-7,14H,8H2,1-4H3. The largest absolute Gasteiger partial charge is 0.496 e. The van der Waals surface area contributed by atoms with Gasteiger partial charge in [0.25, 0.3) is 0 Å². The van der Waals surface area contributed by atoms with Crippen molar-refractivity contribution in [3.8, 4) is 5.75 Å². The first-order valence-corrected chi connectivity index (χ1v) is 5.34. The summed E-state index contributed by atoms with van der Waals surface area (Å²) >= 11 is 0. The van der Waals surface area contributed by atoms with Gasteiger partial charge in [-0.1, -0.05) is 6.07 Å². The normalized spacial score (nSPS) is 11.1. The molecule has 0 saturated carbocycles. The highest BCUT2D eigenvalue weighted by Gasteiger charge is 2.31. The molecule has 1 aromatic carbocycles. The molecule has 4 heteroatoms. The van der Waals surface area contributed by atoms with Gasteiger partial charge in [-0.25, -0.2) is 0 Å². The third kappa shape index (κ3) is 2.58. The average molecular weight is 238 g/mol. The van der Waals surface area contributed by atoms with Gasteiger partial charge in [-0.3, -0.25) is 4.79 Å². The van der Waals surface area contributed by atoms with Crippen LogP contribution in [0.25, 0.3) is 0 Å². The number of methoxy groups -OCH3 is 2. The van der Waals surface area contributed by atoms with E-state index in [0.717, 1.165) is 5.56 Å². The van der Waals surface area contributed by atoms with Gasteiger partial charge < -0.3 is 14.6 Å². The van der Waals surface area contributed by atoms with Gasteiger partial charge in [0, 0.05) is 5.56 Å². The van der Waals surface area contributed by atoms with E-state index in [-0.39, 0.29) is 12.6 Å². The van der Waals surface area contributed by atoms with E-state index >= 15 is 0 Å². The smallest absolute Gasteiger partial charge is 0.315 e. The maximum Gasteiger partial charge on any atom is 0.315 e. The summed E-state index contributed by atoms with van der Waals surface area (Å²) in [7, 11) is 2.90. The first-order chi connectivity index (χ1) is 7.97. The number of rotatable bonds is 4. The lowest BCUT2D eigenvalue weighted by Crippen LogP contribution is -2.30. The minimum absolute atomic E-state index is 0.131. The number of aliphatic hydroxyl groups is 1. The molecule has 0 aliphatic rings. The molecule has 0 aliphatic carbocycles. The fourth-order valence-electron chi connectivity index (χ4n) is 1.66. The Hall–Kier alpha value is -1.55. The summed E-state index contributed by atoms with van der Waals surface area (Å²) in [4.78, 5) is 11.7. The molecular weight excluding hydrogens is 220 g/mol. The summed E-state index contributed by atoms with van der Waals surface area (Å²) in [6.45, 7) is 3.43. The molecule has 0 saturated heterocycles. The van der Waals surface area contributed by atoms with Crippen LogP contribution in [0.3, 0.4) is 0 Å². The first-order valence-electron chi connectivity index (χ1n) is 5.34. The zero-order valence-corrected chi connectivity index (χ0v) is 10.6. The van der Waals surface area contributed by atoms with Gasteiger partial charge in [-0.15, -0.1) is 0 Å². The van der Waals surface area contributed by atoms with Crippen LogP contribution in [0.4, 0.5) is 0 Å². The van der Waals surface area contributed by atoms with Crippen LogP contribution in [0, 0.1) is 0 Å². The zero-order chi connectivity index (χ0) is 13.1. The van der Waals surface area contributed by atoms with E-state index in [9.17, 15) is 9.90 Å². The fourth-order valence-corrected chi connectivity index (χ4v) is 1.66. The maximum absolute atomic E-state index is 11.7. The summed E-state index contributed by atoms with van der Waals surface area (Å²) in [5.41, 5.74) is 0.696. The summed E-state index contributed by atoms with van der Waals surface area (Å²) in [6.07, 6.45) is 0. The van der Waals surface area contributed by atoms with Crippen molar-refractivity contribution in [2.75, 3.05) is 14.2 Å². The molecule has 0 radical (unpaired) electrons. The number of carbonyl (C=O) groups is 1. The molecular formula is C13H18O4. The van der Waals surface area contributed by atoms with E-state index in [1.165, 1.54) is 7.11 Å². The summed E-state index contributed by atoms with van der Waals surface area (Å²) in [5.74, 6) is 0.295. The predicted octanol–water partition coefficient (Wildman–Crippen LogP) is 1.64. The Morgan fingerprint density at radius 3 is 2.47 bits per heavy atom. The highest BCUT2D eigenvalue weighted by molar-refractivity contribution is 5.82. The van der Waals surface area contributed by atoms with Crippen LogP contribution >= 0.6 is 0 Å². The second-order valence-corrected chi connectivity index (χ2v) is 4.30. The Labute approximate surface area is 101 Å². The van der Waals surface area contributed by atoms with Crippen molar-refractivity contribution in [3.05, 3.63) is 29.3 Å². The van der Waals surface area contributed by atoms with Crippen LogP contribution in [-0.2, 0) is 21.6 Å². The highest BCUT2D eigenvalue weighted by Crippen LogP contribution is 2.29. The molecule has 17 heavy (non-hydrogen) atoms. The third-order valence-corrected chi connectivity index (χ3v) is 2.87. The molecule has 0 unspecified atom stereocenters. The van der Waals surface area contributed by atoms with Crippen molar-refractivity contribution < 1.29 is 19.4 Å². The molecule has 0 aromatic heterocycles. The Morgan fingerprint density at radius 1 is 1.35 bits per heavy atom. The van der Waals surface area contributed by atoms with E-state index in [1.807, 2.05) is 0 Å². The van der Waals surface area contributed by atoms with Gasteiger partial charge in [0.05, 0.1) is 26.2 Å². The van der Waals surface area contributed by atoms with E-state index in [1.54, 1.807) is 39.2 Å². The summed E-state index contributed by atoms with van der Waals surface area (Å²) in [5, 5.41) is 9.24. The van der Waals surface area contributed by atoms with E-state index in [4.69, 9.17) is 9.47 Å². The molecule has 4 nitrogen and oxygen atoms in total. The Balaban J connectivity index is 3.19. The van der Waals surface area contributed by atoms with Crippen molar-refractivity contribution in [2.45, 2.75) is 25.9 Å². The molecule has 0 spiro atoms. The SMILES string of the molecule is COC(=O)C(C)(C)c1ccc(OC)c(CO)c1. The van der Waals surface area contributed by atoms with E-state index < -0.39 is 5.41 Å². The van der Waals surface area contributed by atoms with Gasteiger partial charge in [-0.05, 0) is 31.5 Å². The molecule has 0 aliphatic heterocycles. The predicted molar refractivity (Wildman–Crippen MR) is 64.0 cm³/mol. The van der Waals surface area contributed by atoms with Crippen LogP contribution in [0.15, 0.2) is 18.2 Å². The Kier molecular flexibility index (Phi) is 4.12. The second kappa shape index (κ2) is 5.19. The lowest BCUT2D eigenvalue weighted by Gasteiger charge is -2.23. The number of benzene rings is 1. The molecule has 0 amide bonds. The van der Waals surface area contributed by atoms with Crippen molar-refractivity contribution in [1.29, 1.82) is 0 Å². The minimum atomic E-state index is -0.745. The molecule has 1 aromatic rings. The fraction of sp³-hybridized carbons (Fsp3) is 0.462. The van der Waals surface area contributed by atoms with Crippen LogP contribution in [-0.4, -0.2) is 25.3 Å². The second-order valence-electron chi connectivity index (χ2n) is 4.30. The van der Waals surface area contributed by atoms with Crippen molar-refractivity contribution in [2.24, 2.45) is 0 Å². The van der Waals surface area contributed by atoms with Gasteiger partial charge in [0.1, 0.15) is 5.75 Å². The Morgan fingerprint density at radius 2 is 2.00 bits per heavy atom. The third-order valence-electron chi connectivity index (χ3n) is 2.87. The van der Waals surface area contributed by atoms with E-state index in [0.29, 0.717) is 11.3 Å². The lowest BCUT2D eigenvalue weighted by atomic mass is 9.84. The average Bonchev–Trinajstić information content (AvgIpc) is 2.36. The van der Waals surface area contributed by atoms with Crippen molar-refractivity contribution in [1.82, 2.24) is 0 Å². The van der Waals surface area contributed by atoms with Gasteiger partial charge in [-0.2, -0.15) is 0 Å². The lowest BCUT2D eigenvalue weighted by molar-refractivity contribution is -0.146. The topological polar surface area (TPSA) is 55.8 Å². The van der Waals surface area contributed by atoms with Gasteiger partial charge in [0.2, 0.25) is 0 Å². The van der Waals surface area contributed by atoms with Crippen LogP contribution < -0.4 is 4.74 Å². The number of esters is 1. The van der Waals surface area contributed by atoms with Crippen molar-refractivity contribution >= 4 is 5.97 Å². The summed E-state index contributed by atoms with van der Waals surface area (Å²) in [6, 6.07) is 5.30. The van der Waals surface area contributed by atoms with Crippen LogP contribution in [0.5, 0.6) is 5.75 Å². The number of aliphatic hydroxyl groups excluding tert-OH is 1. The van der Waals surface area contributed by atoms with E-state index in [2.05, 4.69) is 0 Å². The number of hydrogen-bond donors (Lipinski definition) is 1. The Bertz CT molecular complexity index is 410. The highest BCUT2D eigenvalue weighted by atomic mass is 16.5. The zero-order valence-electron chi connectivity index (χ0n) is 10.6. The molecule has 0 atom stereocenters. The molecule has 0 fully saturated rings. The molecule has 0 bridgehead atoms. The molecule has 94 valence electrons. The monoisotopic (exact) mass is 238 g/mol. The first kappa shape index (κ1) is 13.5. The van der Waals surface area contributed by atoms with Crippen LogP contribution in [0.1, 0.15) is 25.0 Å². The van der Waals surface area contributed by atoms with Crippen molar-refractivity contribution in [3.63, 3.8) is 0 Å². The molecule has 1 N–H and O–H groups in total. The number of hydrogen-bond acceptors (Lipinski definition) is 4. The maximum atomic E-state index is 11.7. The van der Waals surface area contributed by atoms with Gasteiger partial charge >= 0.3 is 5.97 Å².